The molecule has 1 fully saturated rings. The summed E-state index contributed by atoms with van der Waals surface area (Å²) in [6.45, 7) is 3.99. The lowest BCUT2D eigenvalue weighted by Gasteiger charge is -2.42. The molecule has 0 amide bonds. The molecule has 1 saturated heterocycles. The predicted molar refractivity (Wildman–Crippen MR) is 70.2 cm³/mol. The van der Waals surface area contributed by atoms with Gasteiger partial charge in [-0.2, -0.15) is 0 Å². The maximum Gasteiger partial charge on any atom is 0.283 e. The molecule has 2 rings (SSSR count). The second-order valence-electron chi connectivity index (χ2n) is 4.98. The van der Waals surface area contributed by atoms with E-state index in [4.69, 9.17) is 4.84 Å². The molecule has 1 atom stereocenters. The summed E-state index contributed by atoms with van der Waals surface area (Å²) in [4.78, 5) is 21.9. The van der Waals surface area contributed by atoms with Gasteiger partial charge < -0.3 is 4.84 Å². The largest absolute Gasteiger partial charge is 0.372 e. The standard InChI is InChI=1S/C13H21N3O2/c1-13(14(2)3,15-9-6-7-10-15)18-16-11-5-4-8-12(16)17/h4-5,8,11H,6-7,9-10H2,1-3H3/t13-/m1/s1. The molecule has 2 heterocycles. The van der Waals surface area contributed by atoms with E-state index in [1.807, 2.05) is 25.9 Å². The average molecular weight is 251 g/mol. The highest BCUT2D eigenvalue weighted by Crippen LogP contribution is 2.22. The minimum atomic E-state index is -0.596. The van der Waals surface area contributed by atoms with Crippen LogP contribution in [0.2, 0.25) is 0 Å². The third kappa shape index (κ3) is 2.42. The average Bonchev–Trinajstić information content (AvgIpc) is 2.86. The lowest BCUT2D eigenvalue weighted by atomic mass is 10.3. The summed E-state index contributed by atoms with van der Waals surface area (Å²) in [5.41, 5.74) is -0.148. The van der Waals surface area contributed by atoms with Crippen molar-refractivity contribution < 1.29 is 4.84 Å². The van der Waals surface area contributed by atoms with Crippen molar-refractivity contribution in [2.75, 3.05) is 27.2 Å². The van der Waals surface area contributed by atoms with Crippen LogP contribution in [0.25, 0.3) is 0 Å². The Bertz CT molecular complexity index is 452. The van der Waals surface area contributed by atoms with Gasteiger partial charge >= 0.3 is 0 Å². The number of rotatable bonds is 4. The van der Waals surface area contributed by atoms with Gasteiger partial charge in [-0.15, -0.1) is 4.73 Å². The molecule has 1 aliphatic heterocycles. The highest BCUT2D eigenvalue weighted by molar-refractivity contribution is 4.92. The van der Waals surface area contributed by atoms with Crippen LogP contribution in [0.4, 0.5) is 0 Å². The van der Waals surface area contributed by atoms with Gasteiger partial charge in [0.05, 0.1) is 0 Å². The lowest BCUT2D eigenvalue weighted by molar-refractivity contribution is -0.220. The molecule has 0 radical (unpaired) electrons. The summed E-state index contributed by atoms with van der Waals surface area (Å²) >= 11 is 0. The van der Waals surface area contributed by atoms with Gasteiger partial charge in [0.25, 0.3) is 5.56 Å². The Morgan fingerprint density at radius 2 is 1.94 bits per heavy atom. The van der Waals surface area contributed by atoms with E-state index >= 15 is 0 Å². The van der Waals surface area contributed by atoms with E-state index in [1.165, 1.54) is 23.6 Å². The molecule has 0 saturated carbocycles. The number of pyridine rings is 1. The van der Waals surface area contributed by atoms with Crippen LogP contribution in [0.5, 0.6) is 0 Å². The second-order valence-corrected chi connectivity index (χ2v) is 4.98. The monoisotopic (exact) mass is 251 g/mol. The van der Waals surface area contributed by atoms with Crippen LogP contribution in [-0.4, -0.2) is 47.6 Å². The molecule has 0 N–H and O–H groups in total. The number of likely N-dealkylation sites (tertiary alicyclic amines) is 1. The first-order valence-electron chi connectivity index (χ1n) is 6.34. The van der Waals surface area contributed by atoms with Crippen molar-refractivity contribution in [3.8, 4) is 0 Å². The summed E-state index contributed by atoms with van der Waals surface area (Å²) in [7, 11) is 3.93. The second kappa shape index (κ2) is 5.12. The Labute approximate surface area is 108 Å². The minimum absolute atomic E-state index is 0.148. The Morgan fingerprint density at radius 1 is 1.28 bits per heavy atom. The first-order valence-corrected chi connectivity index (χ1v) is 6.34. The molecule has 0 unspecified atom stereocenters. The Balaban J connectivity index is 2.26. The summed E-state index contributed by atoms with van der Waals surface area (Å²) in [5.74, 6) is -0.596. The molecule has 18 heavy (non-hydrogen) atoms. The number of aromatic nitrogens is 1. The van der Waals surface area contributed by atoms with Crippen LogP contribution in [0.15, 0.2) is 29.2 Å². The van der Waals surface area contributed by atoms with Crippen molar-refractivity contribution in [3.05, 3.63) is 34.7 Å². The fourth-order valence-corrected chi connectivity index (χ4v) is 2.23. The first kappa shape index (κ1) is 13.1. The third-order valence-corrected chi connectivity index (χ3v) is 3.58. The van der Waals surface area contributed by atoms with E-state index in [-0.39, 0.29) is 5.56 Å². The van der Waals surface area contributed by atoms with E-state index < -0.39 is 5.85 Å². The van der Waals surface area contributed by atoms with Crippen LogP contribution in [0.1, 0.15) is 19.8 Å². The molecular formula is C13H21N3O2. The van der Waals surface area contributed by atoms with E-state index in [0.29, 0.717) is 0 Å². The third-order valence-electron chi connectivity index (χ3n) is 3.58. The van der Waals surface area contributed by atoms with Crippen LogP contribution in [-0.2, 0) is 0 Å². The molecule has 5 nitrogen and oxygen atoms in total. The first-order chi connectivity index (χ1) is 8.54. The highest BCUT2D eigenvalue weighted by Gasteiger charge is 2.39. The normalized spacial score (nSPS) is 20.0. The van der Waals surface area contributed by atoms with Gasteiger partial charge in [-0.05, 0) is 33.0 Å². The molecule has 0 aromatic carbocycles. The van der Waals surface area contributed by atoms with Crippen molar-refractivity contribution in [1.82, 2.24) is 14.5 Å². The minimum Gasteiger partial charge on any atom is -0.372 e. The van der Waals surface area contributed by atoms with Gasteiger partial charge in [-0.3, -0.25) is 14.6 Å². The molecular weight excluding hydrogens is 230 g/mol. The van der Waals surface area contributed by atoms with Gasteiger partial charge in [0.15, 0.2) is 0 Å². The fourth-order valence-electron chi connectivity index (χ4n) is 2.23. The van der Waals surface area contributed by atoms with Crippen molar-refractivity contribution in [1.29, 1.82) is 0 Å². The zero-order valence-electron chi connectivity index (χ0n) is 11.3. The van der Waals surface area contributed by atoms with Crippen molar-refractivity contribution >= 4 is 0 Å². The fraction of sp³-hybridized carbons (Fsp3) is 0.615. The summed E-state index contributed by atoms with van der Waals surface area (Å²) in [6, 6.07) is 5.01. The summed E-state index contributed by atoms with van der Waals surface area (Å²) in [6.07, 6.45) is 4.01. The molecule has 0 bridgehead atoms. The predicted octanol–water partition coefficient (Wildman–Crippen LogP) is 0.608. The van der Waals surface area contributed by atoms with Gasteiger partial charge in [0, 0.05) is 32.3 Å². The van der Waals surface area contributed by atoms with Crippen LogP contribution >= 0.6 is 0 Å². The van der Waals surface area contributed by atoms with E-state index in [9.17, 15) is 4.79 Å². The number of hydrogen-bond acceptors (Lipinski definition) is 4. The van der Waals surface area contributed by atoms with Gasteiger partial charge in [-0.1, -0.05) is 6.07 Å². The van der Waals surface area contributed by atoms with Crippen LogP contribution < -0.4 is 10.4 Å². The maximum atomic E-state index is 11.7. The SMILES string of the molecule is CN(C)[C@@](C)(On1ccccc1=O)N1CCCC1. The van der Waals surface area contributed by atoms with Gasteiger partial charge in [0.1, 0.15) is 0 Å². The van der Waals surface area contributed by atoms with Crippen molar-refractivity contribution in [3.63, 3.8) is 0 Å². The molecule has 1 aromatic heterocycles. The smallest absolute Gasteiger partial charge is 0.283 e. The van der Waals surface area contributed by atoms with E-state index in [2.05, 4.69) is 4.90 Å². The maximum absolute atomic E-state index is 11.7. The lowest BCUT2D eigenvalue weighted by Crippen LogP contribution is -2.62. The quantitative estimate of drug-likeness (QED) is 0.735. The highest BCUT2D eigenvalue weighted by atomic mass is 16.7. The molecule has 0 spiro atoms. The number of hydrogen-bond donors (Lipinski definition) is 0. The molecule has 1 aliphatic rings. The Kier molecular flexibility index (Phi) is 3.73. The molecule has 5 heteroatoms. The van der Waals surface area contributed by atoms with Crippen molar-refractivity contribution in [2.24, 2.45) is 0 Å². The number of nitrogens with zero attached hydrogens (tertiary/aromatic N) is 3. The van der Waals surface area contributed by atoms with Crippen LogP contribution in [0.3, 0.4) is 0 Å². The summed E-state index contributed by atoms with van der Waals surface area (Å²) < 4.78 is 1.30. The Morgan fingerprint density at radius 3 is 2.50 bits per heavy atom. The topological polar surface area (TPSA) is 37.7 Å². The van der Waals surface area contributed by atoms with Crippen LogP contribution in [0, 0.1) is 0 Å². The van der Waals surface area contributed by atoms with E-state index in [0.717, 1.165) is 13.1 Å². The van der Waals surface area contributed by atoms with Gasteiger partial charge in [0.2, 0.25) is 5.85 Å². The summed E-state index contributed by atoms with van der Waals surface area (Å²) in [5, 5.41) is 0. The zero-order chi connectivity index (χ0) is 13.2. The zero-order valence-corrected chi connectivity index (χ0v) is 11.3. The molecule has 1 aromatic rings. The molecule has 0 aliphatic carbocycles. The Hall–Kier alpha value is -1.33. The molecule has 100 valence electrons. The van der Waals surface area contributed by atoms with Gasteiger partial charge in [-0.25, -0.2) is 0 Å². The van der Waals surface area contributed by atoms with E-state index in [1.54, 1.807) is 18.3 Å². The van der Waals surface area contributed by atoms with Crippen molar-refractivity contribution in [2.45, 2.75) is 25.6 Å².